The highest BCUT2D eigenvalue weighted by atomic mass is 19.4. The molecule has 1 saturated heterocycles. The highest BCUT2D eigenvalue weighted by Crippen LogP contribution is 2.33. The molecule has 4 aromatic rings. The van der Waals surface area contributed by atoms with Crippen molar-refractivity contribution in [3.63, 3.8) is 0 Å². The number of likely N-dealkylation sites (N-methyl/N-ethyl adjacent to an activating group) is 1. The Morgan fingerprint density at radius 2 is 2.05 bits per heavy atom. The monoisotopic (exact) mass is 597 g/mol. The molecule has 16 heteroatoms. The Kier molecular flexibility index (Phi) is 8.02. The van der Waals surface area contributed by atoms with Crippen LogP contribution >= 0.6 is 0 Å². The molecule has 2 N–H and O–H groups in total. The molecule has 0 aromatic carbocycles. The Morgan fingerprint density at radius 3 is 2.77 bits per heavy atom. The maximum absolute atomic E-state index is 13.3. The second-order valence-electron chi connectivity index (χ2n) is 9.94. The van der Waals surface area contributed by atoms with E-state index in [1.165, 1.54) is 43.2 Å². The van der Waals surface area contributed by atoms with Gasteiger partial charge in [-0.05, 0) is 19.2 Å². The normalized spacial score (nSPS) is 15.7. The highest BCUT2D eigenvalue weighted by Gasteiger charge is 2.32. The average Bonchev–Trinajstić information content (AvgIpc) is 3.25. The van der Waals surface area contributed by atoms with Crippen LogP contribution in [0.3, 0.4) is 0 Å². The number of nitriles is 1. The van der Waals surface area contributed by atoms with Gasteiger partial charge in [0.05, 0.1) is 30.9 Å². The van der Waals surface area contributed by atoms with Gasteiger partial charge in [-0.25, -0.2) is 9.97 Å². The fourth-order valence-corrected chi connectivity index (χ4v) is 4.59. The number of rotatable bonds is 7. The van der Waals surface area contributed by atoms with Crippen molar-refractivity contribution in [2.45, 2.75) is 18.7 Å². The van der Waals surface area contributed by atoms with Crippen molar-refractivity contribution in [3.8, 4) is 17.6 Å². The van der Waals surface area contributed by atoms with Gasteiger partial charge in [-0.15, -0.1) is 0 Å². The van der Waals surface area contributed by atoms with Crippen molar-refractivity contribution in [2.75, 3.05) is 37.4 Å². The third kappa shape index (κ3) is 6.42. The molecule has 0 spiro atoms. The lowest BCUT2D eigenvalue weighted by Crippen LogP contribution is -2.41. The van der Waals surface area contributed by atoms with E-state index in [0.717, 1.165) is 11.1 Å². The number of fused-ring (bicyclic) bond motifs is 1. The van der Waals surface area contributed by atoms with Crippen molar-refractivity contribution >= 4 is 34.5 Å². The Labute approximate surface area is 242 Å². The fraction of sp³-hybridized carbons (Fsp3) is 0.333. The first-order valence-electron chi connectivity index (χ1n) is 13.0. The first kappa shape index (κ1) is 29.5. The number of halogens is 3. The Morgan fingerprint density at radius 1 is 1.26 bits per heavy atom. The molecule has 0 bridgehead atoms. The van der Waals surface area contributed by atoms with Crippen LogP contribution in [-0.2, 0) is 29.8 Å². The number of hydrogen-bond acceptors (Lipinski definition) is 10. The molecule has 1 aliphatic rings. The minimum absolute atomic E-state index is 0.0189. The van der Waals surface area contributed by atoms with Crippen LogP contribution in [0.25, 0.3) is 11.2 Å². The van der Waals surface area contributed by atoms with Crippen LogP contribution in [-0.4, -0.2) is 67.7 Å². The van der Waals surface area contributed by atoms with Crippen molar-refractivity contribution < 1.29 is 27.4 Å². The highest BCUT2D eigenvalue weighted by molar-refractivity contribution is 5.90. The lowest BCUT2D eigenvalue weighted by atomic mass is 10.2. The van der Waals surface area contributed by atoms with E-state index in [-0.39, 0.29) is 64.1 Å². The van der Waals surface area contributed by atoms with Gasteiger partial charge in [0, 0.05) is 45.6 Å². The number of alkyl halides is 3. The molecule has 4 aromatic heterocycles. The fourth-order valence-electron chi connectivity index (χ4n) is 4.59. The molecule has 13 nitrogen and oxygen atoms in total. The van der Waals surface area contributed by atoms with Crippen LogP contribution in [0.1, 0.15) is 17.5 Å². The van der Waals surface area contributed by atoms with Crippen LogP contribution in [0.4, 0.5) is 30.6 Å². The number of aryl methyl sites for hydroxylation is 2. The topological polar surface area (TPSA) is 152 Å². The Hall–Kier alpha value is -5.01. The molecule has 0 unspecified atom stereocenters. The zero-order valence-electron chi connectivity index (χ0n) is 23.3. The third-order valence-electron chi connectivity index (χ3n) is 6.71. The molecule has 43 heavy (non-hydrogen) atoms. The van der Waals surface area contributed by atoms with E-state index in [1.807, 2.05) is 7.05 Å². The zero-order chi connectivity index (χ0) is 30.9. The van der Waals surface area contributed by atoms with Crippen LogP contribution < -0.4 is 20.9 Å². The van der Waals surface area contributed by atoms with E-state index < -0.39 is 17.3 Å². The van der Waals surface area contributed by atoms with Gasteiger partial charge in [0.2, 0.25) is 11.9 Å². The Bertz CT molecular complexity index is 1800. The van der Waals surface area contributed by atoms with Gasteiger partial charge >= 0.3 is 6.18 Å². The van der Waals surface area contributed by atoms with Crippen molar-refractivity contribution in [3.05, 3.63) is 58.3 Å². The first-order chi connectivity index (χ1) is 20.4. The maximum atomic E-state index is 13.3. The maximum Gasteiger partial charge on any atom is 0.417 e. The van der Waals surface area contributed by atoms with Crippen LogP contribution in [0.2, 0.25) is 0 Å². The summed E-state index contributed by atoms with van der Waals surface area (Å²) in [6.45, 7) is 1.99. The van der Waals surface area contributed by atoms with Gasteiger partial charge in [-0.3, -0.25) is 9.59 Å². The quantitative estimate of drug-likeness (QED) is 0.325. The van der Waals surface area contributed by atoms with Crippen LogP contribution in [0.15, 0.2) is 41.6 Å². The van der Waals surface area contributed by atoms with Crippen molar-refractivity contribution in [1.82, 2.24) is 29.0 Å². The lowest BCUT2D eigenvalue weighted by molar-refractivity contribution is -0.138. The standard InChI is InChI=1S/C27H26F3N9O4/c1-37-6-7-42-17(14-37)10-22(40)35-21-9-16(4-5-32-21)43-20-12-33-24-23(18(20)11-31)39(3)26(36-24)34-19-8-15(27(28,29)30)13-38(2)25(19)41/h4-5,8-9,12-13,17H,6-7,10,14H2,1-3H3,(H,32,35,40)(H,33,34,36)/t17-/m1/s1. The number of carbonyl (C=O) groups excluding carboxylic acids is 1. The molecule has 1 atom stereocenters. The van der Waals surface area contributed by atoms with E-state index in [0.29, 0.717) is 25.4 Å². The summed E-state index contributed by atoms with van der Waals surface area (Å²) >= 11 is 0. The summed E-state index contributed by atoms with van der Waals surface area (Å²) in [7, 11) is 4.67. The molecule has 1 amide bonds. The lowest BCUT2D eigenvalue weighted by Gasteiger charge is -2.29. The summed E-state index contributed by atoms with van der Waals surface area (Å²) in [6, 6.07) is 5.75. The molecular formula is C27H26F3N9O4. The predicted molar refractivity (Wildman–Crippen MR) is 148 cm³/mol. The molecule has 1 aliphatic heterocycles. The molecule has 5 rings (SSSR count). The number of pyridine rings is 3. The first-order valence-corrected chi connectivity index (χ1v) is 13.0. The number of imidazole rings is 1. The summed E-state index contributed by atoms with van der Waals surface area (Å²) < 4.78 is 53.7. The molecule has 0 radical (unpaired) electrons. The number of morpholine rings is 1. The van der Waals surface area contributed by atoms with E-state index in [9.17, 15) is 28.0 Å². The molecule has 1 fully saturated rings. The summed E-state index contributed by atoms with van der Waals surface area (Å²) in [5.74, 6) is 0.242. The van der Waals surface area contributed by atoms with Crippen molar-refractivity contribution in [2.24, 2.45) is 14.1 Å². The average molecular weight is 598 g/mol. The number of hydrogen-bond donors (Lipinski definition) is 2. The molecule has 0 aliphatic carbocycles. The molecule has 224 valence electrons. The van der Waals surface area contributed by atoms with Gasteiger partial charge in [0.1, 0.15) is 34.4 Å². The summed E-state index contributed by atoms with van der Waals surface area (Å²) in [6.07, 6.45) is -1.36. The SMILES string of the molecule is CN1CCO[C@H](CC(=O)Nc2cc(Oc3cnc4nc(Nc5cc(C(F)(F)F)cn(C)c5=O)n(C)c4c3C#N)ccn2)C1. The number of nitrogens with one attached hydrogen (secondary N) is 2. The second-order valence-corrected chi connectivity index (χ2v) is 9.94. The van der Waals surface area contributed by atoms with E-state index in [1.54, 1.807) is 0 Å². The van der Waals surface area contributed by atoms with E-state index >= 15 is 0 Å². The van der Waals surface area contributed by atoms with Crippen molar-refractivity contribution in [1.29, 1.82) is 5.26 Å². The number of anilines is 3. The zero-order valence-corrected chi connectivity index (χ0v) is 23.3. The van der Waals surface area contributed by atoms with Crippen LogP contribution in [0, 0.1) is 11.3 Å². The smallest absolute Gasteiger partial charge is 0.417 e. The van der Waals surface area contributed by atoms with Gasteiger partial charge in [0.25, 0.3) is 5.56 Å². The molecular weight excluding hydrogens is 571 g/mol. The van der Waals surface area contributed by atoms with Gasteiger partial charge in [-0.2, -0.15) is 23.4 Å². The number of nitrogens with zero attached hydrogens (tertiary/aromatic N) is 7. The predicted octanol–water partition coefficient (Wildman–Crippen LogP) is 3.15. The summed E-state index contributed by atoms with van der Waals surface area (Å²) in [5, 5.41) is 15.3. The second kappa shape index (κ2) is 11.7. The van der Waals surface area contributed by atoms with E-state index in [2.05, 4.69) is 36.6 Å². The van der Waals surface area contributed by atoms with Gasteiger partial charge < -0.3 is 34.1 Å². The summed E-state index contributed by atoms with van der Waals surface area (Å²) in [4.78, 5) is 39.8. The number of aromatic nitrogens is 5. The van der Waals surface area contributed by atoms with Gasteiger partial charge in [-0.1, -0.05) is 0 Å². The van der Waals surface area contributed by atoms with Gasteiger partial charge in [0.15, 0.2) is 11.4 Å². The third-order valence-corrected chi connectivity index (χ3v) is 6.71. The number of carbonyl (C=O) groups is 1. The largest absolute Gasteiger partial charge is 0.454 e. The molecule has 5 heterocycles. The Balaban J connectivity index is 1.38. The number of ether oxygens (including phenoxy) is 2. The van der Waals surface area contributed by atoms with E-state index in [4.69, 9.17) is 9.47 Å². The minimum Gasteiger partial charge on any atom is -0.454 e. The molecule has 0 saturated carbocycles. The van der Waals surface area contributed by atoms with Crippen LogP contribution in [0.5, 0.6) is 11.5 Å². The number of amides is 1. The summed E-state index contributed by atoms with van der Waals surface area (Å²) in [5.41, 5.74) is -1.76. The minimum atomic E-state index is -4.67.